The Kier molecular flexibility index (Phi) is 6.37. The van der Waals surface area contributed by atoms with E-state index >= 15 is 0 Å². The topological polar surface area (TPSA) is 84.3 Å². The van der Waals surface area contributed by atoms with E-state index in [1.165, 1.54) is 6.42 Å². The summed E-state index contributed by atoms with van der Waals surface area (Å²) < 4.78 is 10.8. The molecule has 6 nitrogen and oxygen atoms in total. The third kappa shape index (κ3) is 3.90. The summed E-state index contributed by atoms with van der Waals surface area (Å²) in [7, 11) is 3.20. The van der Waals surface area contributed by atoms with Crippen LogP contribution >= 0.6 is 0 Å². The van der Waals surface area contributed by atoms with Crippen LogP contribution in [0.4, 0.5) is 0 Å². The Morgan fingerprint density at radius 1 is 1.17 bits per heavy atom. The lowest BCUT2D eigenvalue weighted by Crippen LogP contribution is -2.56. The molecular formula is C24H35N3O3. The van der Waals surface area contributed by atoms with E-state index in [0.717, 1.165) is 19.3 Å². The maximum Gasteiger partial charge on any atom is 0.167 e. The predicted octanol–water partition coefficient (Wildman–Crippen LogP) is 6.30. The Labute approximate surface area is 180 Å². The molecule has 0 N–H and O–H groups in total. The Morgan fingerprint density at radius 2 is 1.80 bits per heavy atom. The van der Waals surface area contributed by atoms with Gasteiger partial charge in [0.2, 0.25) is 0 Å². The van der Waals surface area contributed by atoms with Gasteiger partial charge in [0.1, 0.15) is 11.5 Å². The second kappa shape index (κ2) is 8.50. The van der Waals surface area contributed by atoms with Crippen LogP contribution in [-0.2, 0) is 0 Å². The fourth-order valence-corrected chi connectivity index (χ4v) is 6.57. The molecule has 1 aromatic carbocycles. The molecule has 5 atom stereocenters. The smallest absolute Gasteiger partial charge is 0.167 e. The molecule has 0 spiro atoms. The number of fused-ring (bicyclic) bond motifs is 1. The Balaban J connectivity index is 2.08. The van der Waals surface area contributed by atoms with Gasteiger partial charge in [0.25, 0.3) is 0 Å². The summed E-state index contributed by atoms with van der Waals surface area (Å²) in [4.78, 5) is 17.0. The molecule has 0 bridgehead atoms. The lowest BCUT2D eigenvalue weighted by molar-refractivity contribution is -0.0997. The Bertz CT molecular complexity index is 824. The third-order valence-electron chi connectivity index (χ3n) is 8.09. The first-order valence-electron chi connectivity index (χ1n) is 11.0. The number of ketones is 1. The average molecular weight is 414 g/mol. The summed E-state index contributed by atoms with van der Waals surface area (Å²) in [6.45, 7) is 9.61. The van der Waals surface area contributed by atoms with E-state index < -0.39 is 0 Å². The third-order valence-corrected chi connectivity index (χ3v) is 8.09. The van der Waals surface area contributed by atoms with Crippen molar-refractivity contribution in [1.29, 1.82) is 0 Å². The normalized spacial score (nSPS) is 32.5. The summed E-state index contributed by atoms with van der Waals surface area (Å²) in [5.41, 5.74) is 9.61. The van der Waals surface area contributed by atoms with E-state index in [9.17, 15) is 4.79 Å². The fraction of sp³-hybridized carbons (Fsp3) is 0.708. The molecule has 6 heteroatoms. The zero-order valence-corrected chi connectivity index (χ0v) is 19.1. The molecule has 0 amide bonds. The monoisotopic (exact) mass is 413 g/mol. The average Bonchev–Trinajstić information content (AvgIpc) is 2.71. The van der Waals surface area contributed by atoms with Crippen molar-refractivity contribution in [3.63, 3.8) is 0 Å². The molecule has 2 aliphatic carbocycles. The van der Waals surface area contributed by atoms with E-state index in [1.807, 2.05) is 12.1 Å². The SMILES string of the molecule is COc1cc(OC)cc(C(=O)[C@H]2[C@@H](C)C(CN=[N+]=[N-])C[C@H]3C(C)(C)CCC[C@@]23C)c1. The molecule has 2 fully saturated rings. The van der Waals surface area contributed by atoms with Crippen LogP contribution in [-0.4, -0.2) is 26.5 Å². The van der Waals surface area contributed by atoms with Crippen molar-refractivity contribution in [3.05, 3.63) is 34.2 Å². The first kappa shape index (κ1) is 22.5. The van der Waals surface area contributed by atoms with Crippen LogP contribution in [0.3, 0.4) is 0 Å². The molecule has 164 valence electrons. The van der Waals surface area contributed by atoms with Crippen LogP contribution < -0.4 is 9.47 Å². The molecule has 3 rings (SSSR count). The van der Waals surface area contributed by atoms with Gasteiger partial charge < -0.3 is 9.47 Å². The summed E-state index contributed by atoms with van der Waals surface area (Å²) in [5, 5.41) is 3.90. The molecule has 1 aromatic rings. The van der Waals surface area contributed by atoms with E-state index in [0.29, 0.717) is 29.5 Å². The van der Waals surface area contributed by atoms with Gasteiger partial charge in [-0.05, 0) is 65.5 Å². The molecule has 0 saturated heterocycles. The standard InChI is InChI=1S/C24H35N3O3/c1-15-17(14-26-27-25)12-20-23(2,3)8-7-9-24(20,4)21(15)22(28)16-10-18(29-5)13-19(11-16)30-6/h10-11,13,15,17,20-21H,7-9,12,14H2,1-6H3/t15-,17?,20-,21+,24+/m0/s1. The highest BCUT2D eigenvalue weighted by Gasteiger charge is 2.58. The molecule has 0 heterocycles. The number of rotatable bonds is 6. The fourth-order valence-electron chi connectivity index (χ4n) is 6.57. The van der Waals surface area contributed by atoms with Gasteiger partial charge in [-0.2, -0.15) is 0 Å². The van der Waals surface area contributed by atoms with E-state index in [-0.39, 0.29) is 34.4 Å². The number of hydrogen-bond acceptors (Lipinski definition) is 4. The van der Waals surface area contributed by atoms with Crippen molar-refractivity contribution in [1.82, 2.24) is 0 Å². The minimum Gasteiger partial charge on any atom is -0.497 e. The number of Topliss-reactive ketones (excluding diaryl/α,β-unsaturated/α-hetero) is 1. The van der Waals surface area contributed by atoms with Crippen LogP contribution in [0.5, 0.6) is 11.5 Å². The molecule has 30 heavy (non-hydrogen) atoms. The molecule has 0 aliphatic heterocycles. The highest BCUT2D eigenvalue weighted by Crippen LogP contribution is 2.63. The van der Waals surface area contributed by atoms with Gasteiger partial charge >= 0.3 is 0 Å². The van der Waals surface area contributed by atoms with Gasteiger partial charge in [0.15, 0.2) is 5.78 Å². The van der Waals surface area contributed by atoms with Gasteiger partial charge in [-0.25, -0.2) is 0 Å². The van der Waals surface area contributed by atoms with Crippen LogP contribution in [0, 0.1) is 34.5 Å². The highest BCUT2D eigenvalue weighted by atomic mass is 16.5. The Hall–Kier alpha value is -2.20. The number of ether oxygens (including phenoxy) is 2. The molecule has 1 unspecified atom stereocenters. The van der Waals surface area contributed by atoms with Crippen LogP contribution in [0.2, 0.25) is 0 Å². The molecule has 2 saturated carbocycles. The number of azide groups is 1. The van der Waals surface area contributed by atoms with Crippen molar-refractivity contribution in [2.45, 2.75) is 53.4 Å². The summed E-state index contributed by atoms with van der Waals surface area (Å²) in [6.07, 6.45) is 4.37. The van der Waals surface area contributed by atoms with Gasteiger partial charge in [-0.1, -0.05) is 39.2 Å². The van der Waals surface area contributed by atoms with Gasteiger partial charge in [-0.3, -0.25) is 4.79 Å². The van der Waals surface area contributed by atoms with Crippen molar-refractivity contribution >= 4 is 5.78 Å². The number of carbonyl (C=O) groups is 1. The van der Waals surface area contributed by atoms with E-state index in [2.05, 4.69) is 37.7 Å². The van der Waals surface area contributed by atoms with Crippen molar-refractivity contribution in [3.8, 4) is 11.5 Å². The molecule has 0 aromatic heterocycles. The zero-order chi connectivity index (χ0) is 22.1. The maximum atomic E-state index is 14.0. The first-order valence-corrected chi connectivity index (χ1v) is 11.0. The van der Waals surface area contributed by atoms with E-state index in [4.69, 9.17) is 15.0 Å². The Morgan fingerprint density at radius 3 is 2.37 bits per heavy atom. The number of carbonyl (C=O) groups excluding carboxylic acids is 1. The number of hydrogen-bond donors (Lipinski definition) is 0. The predicted molar refractivity (Wildman–Crippen MR) is 118 cm³/mol. The second-order valence-corrected chi connectivity index (χ2v) is 10.1. The van der Waals surface area contributed by atoms with E-state index in [1.54, 1.807) is 20.3 Å². The molecule has 0 radical (unpaired) electrons. The minimum atomic E-state index is -0.133. The molecule has 2 aliphatic rings. The quantitative estimate of drug-likeness (QED) is 0.237. The lowest BCUT2D eigenvalue weighted by Gasteiger charge is -2.60. The lowest BCUT2D eigenvalue weighted by atomic mass is 9.44. The second-order valence-electron chi connectivity index (χ2n) is 10.1. The van der Waals surface area contributed by atoms with Gasteiger partial charge in [0.05, 0.1) is 14.2 Å². The maximum absolute atomic E-state index is 14.0. The number of nitrogens with zero attached hydrogens (tertiary/aromatic N) is 3. The summed E-state index contributed by atoms with van der Waals surface area (Å²) >= 11 is 0. The molecular weight excluding hydrogens is 378 g/mol. The van der Waals surface area contributed by atoms with Crippen LogP contribution in [0.1, 0.15) is 63.7 Å². The van der Waals surface area contributed by atoms with Gasteiger partial charge in [-0.15, -0.1) is 0 Å². The summed E-state index contributed by atoms with van der Waals surface area (Å²) in [5.74, 6) is 2.01. The number of methoxy groups -OCH3 is 2. The van der Waals surface area contributed by atoms with Crippen LogP contribution in [0.15, 0.2) is 23.3 Å². The number of benzene rings is 1. The van der Waals surface area contributed by atoms with Crippen molar-refractivity contribution in [2.24, 2.45) is 39.6 Å². The minimum absolute atomic E-state index is 0.0819. The van der Waals surface area contributed by atoms with Crippen molar-refractivity contribution in [2.75, 3.05) is 20.8 Å². The first-order chi connectivity index (χ1) is 14.2. The van der Waals surface area contributed by atoms with Crippen LogP contribution in [0.25, 0.3) is 10.4 Å². The van der Waals surface area contributed by atoms with Crippen molar-refractivity contribution < 1.29 is 14.3 Å². The largest absolute Gasteiger partial charge is 0.497 e. The zero-order valence-electron chi connectivity index (χ0n) is 19.1. The highest BCUT2D eigenvalue weighted by molar-refractivity contribution is 5.99. The summed E-state index contributed by atoms with van der Waals surface area (Å²) in [6, 6.07) is 5.43. The van der Waals surface area contributed by atoms with Gasteiger partial charge in [0, 0.05) is 29.0 Å².